The number of hydrogen-bond acceptors (Lipinski definition) is 0. The lowest BCUT2D eigenvalue weighted by atomic mass is 8.91. The summed E-state index contributed by atoms with van der Waals surface area (Å²) in [5.74, 6) is 0. The van der Waals surface area contributed by atoms with E-state index in [4.69, 9.17) is 23.2 Å². The predicted octanol–water partition coefficient (Wildman–Crippen LogP) is -6.36. The zero-order valence-corrected chi connectivity index (χ0v) is 11.9. The smallest absolute Gasteiger partial charge is 0 e. The van der Waals surface area contributed by atoms with Gasteiger partial charge in [0.2, 0.25) is 0 Å². The quantitative estimate of drug-likeness (QED) is 0.394. The van der Waals surface area contributed by atoms with Gasteiger partial charge in [0.1, 0.15) is 0 Å². The van der Waals surface area contributed by atoms with Gasteiger partial charge in [0, 0.05) is 123 Å². The van der Waals surface area contributed by atoms with E-state index in [9.17, 15) is 0 Å². The molecule has 0 spiro atoms. The van der Waals surface area contributed by atoms with Gasteiger partial charge in [-0.25, -0.2) is 0 Å². The molecule has 0 saturated heterocycles. The summed E-state index contributed by atoms with van der Waals surface area (Å²) in [6, 6.07) is 0. The van der Waals surface area contributed by atoms with E-state index in [-0.39, 0.29) is 51.5 Å². The predicted molar refractivity (Wildman–Crippen MR) is 93.5 cm³/mol. The van der Waals surface area contributed by atoms with Gasteiger partial charge in [-0.3, -0.25) is 0 Å². The van der Waals surface area contributed by atoms with E-state index in [1.54, 1.807) is 0 Å². The molecule has 0 aliphatic rings. The first kappa shape index (κ1) is 43.0. The van der Waals surface area contributed by atoms with Crippen molar-refractivity contribution in [3.05, 3.63) is 0 Å². The second-order valence-electron chi connectivity index (χ2n) is 1.35. The van der Waals surface area contributed by atoms with Crippen molar-refractivity contribution in [2.45, 2.75) is 0 Å². The molecule has 0 rings (SSSR count). The minimum absolute atomic E-state index is 0. The van der Waals surface area contributed by atoms with Gasteiger partial charge in [0.25, 0.3) is 0 Å². The van der Waals surface area contributed by atoms with Gasteiger partial charge in [-0.1, -0.05) is 0 Å². The molecule has 0 nitrogen and oxygen atoms in total. The lowest BCUT2D eigenvalue weighted by Crippen LogP contribution is -2.28. The van der Waals surface area contributed by atoms with Crippen LogP contribution >= 0.6 is 0 Å². The maximum atomic E-state index is 5.01. The van der Waals surface area contributed by atoms with Gasteiger partial charge < -0.3 is 0 Å². The molecular formula is HAl2B14. The van der Waals surface area contributed by atoms with Gasteiger partial charge in [-0.2, -0.15) is 0 Å². The first-order valence-electron chi connectivity index (χ1n) is 3.00. The Morgan fingerprint density at radius 3 is 0.938 bits per heavy atom. The standard InChI is InChI=1S/2Al.B6.2B3.2B.H/c;;1-4-5-6(2)3;2*1-3-2;;;. The number of hydrogen-bond donors (Lipinski definition) is 0. The fourth-order valence-electron chi connectivity index (χ4n) is 0.128. The third-order valence-corrected chi connectivity index (χ3v) is 0.333. The first-order chi connectivity index (χ1) is 5.60. The van der Waals surface area contributed by atoms with Crippen LogP contribution in [0.15, 0.2) is 0 Å². The van der Waals surface area contributed by atoms with Crippen molar-refractivity contribution in [2.24, 2.45) is 0 Å². The molecule has 0 aromatic carbocycles. The van der Waals surface area contributed by atoms with Crippen molar-refractivity contribution >= 4 is 140 Å². The van der Waals surface area contributed by atoms with Gasteiger partial charge in [0.15, 0.2) is 0 Å². The fraction of sp³-hybridized carbons (Fsp3) is 0. The molecule has 0 atom stereocenters. The summed E-state index contributed by atoms with van der Waals surface area (Å²) in [5.41, 5.74) is 0. The van der Waals surface area contributed by atoms with Crippen molar-refractivity contribution < 1.29 is 0 Å². The third-order valence-electron chi connectivity index (χ3n) is 0.333. The normalized spacial score (nSPS) is 4.00. The van der Waals surface area contributed by atoms with Crippen molar-refractivity contribution in [3.63, 3.8) is 0 Å². The highest BCUT2D eigenvalue weighted by molar-refractivity contribution is 7.66. The van der Waals surface area contributed by atoms with Gasteiger partial charge in [0.05, 0.1) is 17.4 Å². The zero-order chi connectivity index (χ0) is 10.4. The Morgan fingerprint density at radius 2 is 0.938 bits per heavy atom. The summed E-state index contributed by atoms with van der Waals surface area (Å²) in [4.78, 5) is 0. The molecule has 0 amide bonds. The lowest BCUT2D eigenvalue weighted by Gasteiger charge is -1.90. The highest BCUT2D eigenvalue weighted by Crippen LogP contribution is 1.52. The molecular weight excluding hydrogens is 205 g/mol. The third kappa shape index (κ3) is 145. The van der Waals surface area contributed by atoms with Crippen LogP contribution < -0.4 is 0 Å². The summed E-state index contributed by atoms with van der Waals surface area (Å²) in [5, 5.41) is 0. The zero-order valence-electron chi connectivity index (χ0n) is 9.37. The summed E-state index contributed by atoms with van der Waals surface area (Å²) in [6.45, 7) is 0. The molecule has 0 bridgehead atoms. The summed E-state index contributed by atoms with van der Waals surface area (Å²) < 4.78 is 0. The van der Waals surface area contributed by atoms with E-state index in [1.165, 1.54) is 14.1 Å². The molecule has 0 fully saturated rings. The molecule has 0 aromatic heterocycles. The van der Waals surface area contributed by atoms with Crippen LogP contribution in [0.3, 0.4) is 0 Å². The maximum Gasteiger partial charge on any atom is 0.0854 e. The van der Waals surface area contributed by atoms with E-state index in [0.717, 1.165) is 14.1 Å². The molecule has 0 N–H and O–H groups in total. The van der Waals surface area contributed by atoms with E-state index >= 15 is 0 Å². The van der Waals surface area contributed by atoms with Crippen LogP contribution in [0.2, 0.25) is 0 Å². The molecule has 0 aliphatic heterocycles. The Balaban J connectivity index is -0.0000000145. The van der Waals surface area contributed by atoms with Crippen LogP contribution in [0.5, 0.6) is 0 Å². The van der Waals surface area contributed by atoms with Crippen LogP contribution in [-0.2, 0) is 0 Å². The van der Waals surface area contributed by atoms with Crippen LogP contribution in [0.25, 0.3) is 0 Å². The molecule has 29 radical (unpaired) electrons. The SMILES string of the molecule is [AlH].[Al].[B].[B].[B][B][B].[B][B][B].[B][B][B]B([B])[B]. The van der Waals surface area contributed by atoms with Crippen LogP contribution in [0.4, 0.5) is 0 Å². The van der Waals surface area contributed by atoms with Crippen molar-refractivity contribution in [3.8, 4) is 0 Å². The summed E-state index contributed by atoms with van der Waals surface area (Å²) >= 11 is 0. The first-order valence-corrected chi connectivity index (χ1v) is 3.00. The molecule has 16 heavy (non-hydrogen) atoms. The topological polar surface area (TPSA) is 0 Å². The van der Waals surface area contributed by atoms with E-state index in [0.29, 0.717) is 0 Å². The maximum absolute atomic E-state index is 5.01. The Hall–Kier alpha value is 1.97. The van der Waals surface area contributed by atoms with Crippen molar-refractivity contribution in [1.82, 2.24) is 0 Å². The van der Waals surface area contributed by atoms with Gasteiger partial charge in [-0.15, -0.1) is 0 Å². The second-order valence-corrected chi connectivity index (χ2v) is 1.35. The minimum Gasteiger partial charge on any atom is 0 e. The highest BCUT2D eigenvalue weighted by atomic mass is 27.0. The Morgan fingerprint density at radius 1 is 0.750 bits per heavy atom. The summed E-state index contributed by atoms with van der Waals surface area (Å²) in [6.07, 6.45) is -0.407. The lowest BCUT2D eigenvalue weighted by molar-refractivity contribution is 3.85. The van der Waals surface area contributed by atoms with E-state index in [2.05, 4.69) is 30.9 Å². The Bertz CT molecular complexity index is 44.0. The molecule has 0 saturated carbocycles. The van der Waals surface area contributed by atoms with E-state index in [1.807, 2.05) is 0 Å². The van der Waals surface area contributed by atoms with E-state index < -0.39 is 6.39 Å². The number of rotatable bonds is 2. The van der Waals surface area contributed by atoms with Crippen LogP contribution in [0.1, 0.15) is 0 Å². The molecule has 49 valence electrons. The second kappa shape index (κ2) is 53.8. The summed E-state index contributed by atoms with van der Waals surface area (Å²) in [7, 11) is 37.7. The Kier molecular flexibility index (Phi) is 145. The van der Waals surface area contributed by atoms with Crippen LogP contribution in [-0.4, -0.2) is 140 Å². The minimum atomic E-state index is -0.407. The monoisotopic (exact) mass is 209 g/mol. The Labute approximate surface area is 139 Å². The average molecular weight is 206 g/mol. The van der Waals surface area contributed by atoms with Gasteiger partial charge >= 0.3 is 0 Å². The van der Waals surface area contributed by atoms with Crippen LogP contribution in [0, 0.1) is 0 Å². The fourth-order valence-corrected chi connectivity index (χ4v) is 0.128. The van der Waals surface area contributed by atoms with Crippen molar-refractivity contribution in [2.75, 3.05) is 0 Å². The average Bonchev–Trinajstić information content (AvgIpc) is 1.89. The van der Waals surface area contributed by atoms with Crippen molar-refractivity contribution in [1.29, 1.82) is 0 Å². The molecule has 0 heterocycles. The molecule has 16 heteroatoms. The molecule has 0 unspecified atom stereocenters. The van der Waals surface area contributed by atoms with Gasteiger partial charge in [-0.05, 0) is 0 Å². The largest absolute Gasteiger partial charge is 0.0854 e. The molecule has 0 aliphatic carbocycles. The molecule has 0 aromatic rings. The highest BCUT2D eigenvalue weighted by Gasteiger charge is 1.90.